The second-order valence-corrected chi connectivity index (χ2v) is 4.04. The summed E-state index contributed by atoms with van der Waals surface area (Å²) in [7, 11) is 0. The van der Waals surface area contributed by atoms with Crippen molar-refractivity contribution >= 4 is 17.6 Å². The fourth-order valence-electron chi connectivity index (χ4n) is 1.12. The van der Waals surface area contributed by atoms with Crippen molar-refractivity contribution in [1.29, 1.82) is 0 Å². The van der Waals surface area contributed by atoms with Gasteiger partial charge in [-0.15, -0.1) is 4.37 Å². The summed E-state index contributed by atoms with van der Waals surface area (Å²) >= 11 is 1.05. The third-order valence-electron chi connectivity index (χ3n) is 1.92. The van der Waals surface area contributed by atoms with E-state index >= 15 is 0 Å². The normalized spacial score (nSPS) is 12.3. The highest BCUT2D eigenvalue weighted by Crippen LogP contribution is 2.04. The van der Waals surface area contributed by atoms with Crippen LogP contribution in [0.2, 0.25) is 0 Å². The van der Waals surface area contributed by atoms with Crippen LogP contribution in [0.4, 0.5) is 0 Å². The van der Waals surface area contributed by atoms with Crippen LogP contribution in [0.1, 0.15) is 12.8 Å². The Morgan fingerprint density at radius 1 is 1.71 bits per heavy atom. The summed E-state index contributed by atoms with van der Waals surface area (Å²) in [5.74, 6) is 0.106. The smallest absolute Gasteiger partial charge is 0.245 e. The number of nitrogens with two attached hydrogens (primary N) is 1. The summed E-state index contributed by atoms with van der Waals surface area (Å²) in [6, 6.07) is 0. The number of amides is 1. The zero-order chi connectivity index (χ0) is 12.5. The zero-order valence-electron chi connectivity index (χ0n) is 9.33. The maximum Gasteiger partial charge on any atom is 0.245 e. The molecular weight excluding hydrogens is 244 g/mol. The fourth-order valence-corrected chi connectivity index (χ4v) is 1.48. The molecule has 8 heteroatoms. The SMILES string of the molecule is NC(=O)CCCNCC(O)COc1cnsn1. The first kappa shape index (κ1) is 13.8. The molecule has 0 aliphatic rings. The summed E-state index contributed by atoms with van der Waals surface area (Å²) in [6.45, 7) is 1.20. The average molecular weight is 260 g/mol. The molecule has 0 saturated carbocycles. The Balaban J connectivity index is 1.97. The summed E-state index contributed by atoms with van der Waals surface area (Å²) in [5.41, 5.74) is 4.99. The molecule has 0 bridgehead atoms. The molecule has 1 aromatic rings. The number of primary amides is 1. The topological polar surface area (TPSA) is 110 Å². The van der Waals surface area contributed by atoms with Gasteiger partial charge in [0, 0.05) is 13.0 Å². The largest absolute Gasteiger partial charge is 0.473 e. The van der Waals surface area contributed by atoms with Gasteiger partial charge in [-0.25, -0.2) is 0 Å². The Morgan fingerprint density at radius 3 is 3.18 bits per heavy atom. The molecule has 0 aliphatic heterocycles. The van der Waals surface area contributed by atoms with Crippen LogP contribution < -0.4 is 15.8 Å². The second-order valence-electron chi connectivity index (χ2n) is 3.48. The number of aliphatic hydroxyl groups is 1. The van der Waals surface area contributed by atoms with E-state index in [1.165, 1.54) is 6.20 Å². The van der Waals surface area contributed by atoms with Crippen LogP contribution in [0.3, 0.4) is 0 Å². The van der Waals surface area contributed by atoms with E-state index in [1.54, 1.807) is 0 Å². The molecular formula is C9H16N4O3S. The van der Waals surface area contributed by atoms with E-state index in [0.29, 0.717) is 31.8 Å². The van der Waals surface area contributed by atoms with Gasteiger partial charge in [0.2, 0.25) is 11.8 Å². The number of aromatic nitrogens is 2. The van der Waals surface area contributed by atoms with Crippen molar-refractivity contribution in [2.24, 2.45) is 5.73 Å². The predicted octanol–water partition coefficient (Wildman–Crippen LogP) is -0.867. The average Bonchev–Trinajstić information content (AvgIpc) is 2.78. The lowest BCUT2D eigenvalue weighted by Crippen LogP contribution is -2.32. The molecule has 1 heterocycles. The summed E-state index contributed by atoms with van der Waals surface area (Å²) in [6.07, 6.45) is 1.89. The first-order valence-corrected chi connectivity index (χ1v) is 5.99. The van der Waals surface area contributed by atoms with E-state index in [1.807, 2.05) is 0 Å². The van der Waals surface area contributed by atoms with Crippen molar-refractivity contribution in [3.8, 4) is 5.88 Å². The lowest BCUT2D eigenvalue weighted by atomic mass is 10.3. The Hall–Kier alpha value is -1.25. The molecule has 1 aromatic heterocycles. The molecule has 96 valence electrons. The molecule has 0 spiro atoms. The molecule has 1 amide bonds. The van der Waals surface area contributed by atoms with Gasteiger partial charge >= 0.3 is 0 Å². The minimum atomic E-state index is -0.620. The number of carbonyl (C=O) groups excluding carboxylic acids is 1. The molecule has 0 aliphatic carbocycles. The monoisotopic (exact) mass is 260 g/mol. The van der Waals surface area contributed by atoms with Gasteiger partial charge in [0.05, 0.1) is 11.7 Å². The minimum absolute atomic E-state index is 0.161. The highest BCUT2D eigenvalue weighted by Gasteiger charge is 2.06. The predicted molar refractivity (Wildman–Crippen MR) is 62.7 cm³/mol. The summed E-state index contributed by atoms with van der Waals surface area (Å²) in [5, 5.41) is 12.5. The number of hydrogen-bond acceptors (Lipinski definition) is 7. The van der Waals surface area contributed by atoms with Gasteiger partial charge in [0.15, 0.2) is 0 Å². The van der Waals surface area contributed by atoms with Gasteiger partial charge in [-0.2, -0.15) is 4.37 Å². The number of carbonyl (C=O) groups is 1. The molecule has 0 aromatic carbocycles. The molecule has 1 rings (SSSR count). The van der Waals surface area contributed by atoms with Crippen molar-refractivity contribution in [3.63, 3.8) is 0 Å². The molecule has 1 unspecified atom stereocenters. The van der Waals surface area contributed by atoms with Crippen LogP contribution in [0.25, 0.3) is 0 Å². The molecule has 0 fully saturated rings. The third kappa shape index (κ3) is 6.82. The van der Waals surface area contributed by atoms with Crippen molar-refractivity contribution in [2.45, 2.75) is 18.9 Å². The van der Waals surface area contributed by atoms with Crippen molar-refractivity contribution < 1.29 is 14.6 Å². The van der Waals surface area contributed by atoms with Gasteiger partial charge < -0.3 is 20.9 Å². The van der Waals surface area contributed by atoms with E-state index in [-0.39, 0.29) is 12.5 Å². The summed E-state index contributed by atoms with van der Waals surface area (Å²) < 4.78 is 12.8. The Labute approximate surface area is 103 Å². The number of aliphatic hydroxyl groups excluding tert-OH is 1. The van der Waals surface area contributed by atoms with Crippen LogP contribution in [0.5, 0.6) is 5.88 Å². The lowest BCUT2D eigenvalue weighted by Gasteiger charge is -2.11. The van der Waals surface area contributed by atoms with Gasteiger partial charge in [0.25, 0.3) is 0 Å². The Morgan fingerprint density at radius 2 is 2.53 bits per heavy atom. The minimum Gasteiger partial charge on any atom is -0.473 e. The number of nitrogens with zero attached hydrogens (tertiary/aromatic N) is 2. The molecule has 4 N–H and O–H groups in total. The molecule has 7 nitrogen and oxygen atoms in total. The van der Waals surface area contributed by atoms with E-state index in [9.17, 15) is 9.90 Å². The highest BCUT2D eigenvalue weighted by atomic mass is 32.1. The number of hydrogen-bond donors (Lipinski definition) is 3. The van der Waals surface area contributed by atoms with Crippen molar-refractivity contribution in [1.82, 2.24) is 14.1 Å². The molecule has 0 radical (unpaired) electrons. The number of ether oxygens (including phenoxy) is 1. The van der Waals surface area contributed by atoms with Crippen molar-refractivity contribution in [3.05, 3.63) is 6.20 Å². The third-order valence-corrected chi connectivity index (χ3v) is 2.38. The zero-order valence-corrected chi connectivity index (χ0v) is 10.2. The van der Waals surface area contributed by atoms with Gasteiger partial charge in [-0.1, -0.05) is 0 Å². The van der Waals surface area contributed by atoms with Crippen LogP contribution in [-0.2, 0) is 4.79 Å². The van der Waals surface area contributed by atoms with E-state index < -0.39 is 6.10 Å². The highest BCUT2D eigenvalue weighted by molar-refractivity contribution is 6.99. The lowest BCUT2D eigenvalue weighted by molar-refractivity contribution is -0.118. The van der Waals surface area contributed by atoms with E-state index in [4.69, 9.17) is 10.5 Å². The fraction of sp³-hybridized carbons (Fsp3) is 0.667. The first-order valence-electron chi connectivity index (χ1n) is 5.26. The Bertz CT molecular complexity index is 320. The van der Waals surface area contributed by atoms with Crippen LogP contribution in [0.15, 0.2) is 6.20 Å². The van der Waals surface area contributed by atoms with Crippen LogP contribution >= 0.6 is 11.7 Å². The van der Waals surface area contributed by atoms with Crippen molar-refractivity contribution in [2.75, 3.05) is 19.7 Å². The summed E-state index contributed by atoms with van der Waals surface area (Å²) in [4.78, 5) is 10.4. The maximum atomic E-state index is 10.4. The van der Waals surface area contributed by atoms with Crippen LogP contribution in [0, 0.1) is 0 Å². The van der Waals surface area contributed by atoms with Gasteiger partial charge in [-0.3, -0.25) is 4.79 Å². The van der Waals surface area contributed by atoms with Gasteiger partial charge in [-0.05, 0) is 13.0 Å². The number of rotatable bonds is 9. The quantitative estimate of drug-likeness (QED) is 0.498. The Kier molecular flexibility index (Phi) is 6.45. The van der Waals surface area contributed by atoms with Gasteiger partial charge in [0.1, 0.15) is 18.9 Å². The number of nitrogens with one attached hydrogen (secondary N) is 1. The van der Waals surface area contributed by atoms with E-state index in [2.05, 4.69) is 14.1 Å². The second kappa shape index (κ2) is 7.93. The van der Waals surface area contributed by atoms with E-state index in [0.717, 1.165) is 11.7 Å². The van der Waals surface area contributed by atoms with Crippen LogP contribution in [-0.4, -0.2) is 45.6 Å². The molecule has 1 atom stereocenters. The molecule has 0 saturated heterocycles. The standard InChI is InChI=1S/C9H16N4O3S/c10-8(15)2-1-3-11-4-7(14)6-16-9-5-12-17-13-9/h5,7,11,14H,1-4,6H2,(H2,10,15). The first-order chi connectivity index (χ1) is 8.18. The molecule has 17 heavy (non-hydrogen) atoms. The maximum absolute atomic E-state index is 10.4.